The number of carbonyl (C=O) groups is 1. The number of benzene rings is 2. The normalized spacial score (nSPS) is 11.5. The van der Waals surface area contributed by atoms with Gasteiger partial charge in [-0.15, -0.1) is 0 Å². The van der Waals surface area contributed by atoms with Crippen LogP contribution in [0.15, 0.2) is 48.6 Å². The van der Waals surface area contributed by atoms with Gasteiger partial charge in [0.1, 0.15) is 5.82 Å². The van der Waals surface area contributed by atoms with Gasteiger partial charge in [0.05, 0.1) is 19.8 Å². The minimum atomic E-state index is -0.418. The van der Waals surface area contributed by atoms with Crippen LogP contribution in [0.2, 0.25) is 0 Å². The topological polar surface area (TPSA) is 66.8 Å². The van der Waals surface area contributed by atoms with Crippen molar-refractivity contribution in [3.63, 3.8) is 0 Å². The van der Waals surface area contributed by atoms with E-state index in [0.717, 1.165) is 44.1 Å². The van der Waals surface area contributed by atoms with Crippen LogP contribution >= 0.6 is 0 Å². The van der Waals surface area contributed by atoms with Crippen molar-refractivity contribution in [1.82, 2.24) is 0 Å². The van der Waals surface area contributed by atoms with Crippen molar-refractivity contribution >= 4 is 5.97 Å². The zero-order valence-electron chi connectivity index (χ0n) is 22.2. The van der Waals surface area contributed by atoms with Crippen LogP contribution in [0.3, 0.4) is 0 Å². The third-order valence-corrected chi connectivity index (χ3v) is 7.02. The Kier molecular flexibility index (Phi) is 12.3. The predicted octanol–water partition coefficient (Wildman–Crippen LogP) is 5.93. The summed E-state index contributed by atoms with van der Waals surface area (Å²) in [6, 6.07) is 11.9. The summed E-state index contributed by atoms with van der Waals surface area (Å²) in [5, 5.41) is 19.7. The fraction of sp³-hybridized carbons (Fsp3) is 0.516. The Hall–Kier alpha value is -2.50. The second-order valence-corrected chi connectivity index (χ2v) is 9.97. The number of rotatable bonds is 16. The van der Waals surface area contributed by atoms with Crippen molar-refractivity contribution in [2.45, 2.75) is 78.6 Å². The Morgan fingerprint density at radius 2 is 1.56 bits per heavy atom. The molecule has 2 aromatic carbocycles. The molecule has 2 N–H and O–H groups in total. The van der Waals surface area contributed by atoms with E-state index >= 15 is 0 Å². The van der Waals surface area contributed by atoms with Crippen LogP contribution in [0.5, 0.6) is 0 Å². The number of aryl methyl sites for hydroxylation is 5. The van der Waals surface area contributed by atoms with Gasteiger partial charge in [0, 0.05) is 11.0 Å². The molecule has 0 heterocycles. The van der Waals surface area contributed by atoms with E-state index in [0.29, 0.717) is 37.0 Å². The Labute approximate surface area is 216 Å². The molecule has 0 fully saturated rings. The van der Waals surface area contributed by atoms with E-state index in [4.69, 9.17) is 4.74 Å². The number of aliphatic hydroxyl groups excluding tert-OH is 2. The molecule has 0 radical (unpaired) electrons. The first-order valence-electron chi connectivity index (χ1n) is 13.2. The Balaban J connectivity index is 1.94. The van der Waals surface area contributed by atoms with Crippen molar-refractivity contribution in [3.8, 4) is 0 Å². The highest BCUT2D eigenvalue weighted by molar-refractivity contribution is 5.86. The van der Waals surface area contributed by atoms with E-state index in [2.05, 4.69) is 38.6 Å². The number of hydrogen-bond donors (Lipinski definition) is 2. The van der Waals surface area contributed by atoms with Gasteiger partial charge in [0.2, 0.25) is 0 Å². The zero-order chi connectivity index (χ0) is 26.6. The minimum absolute atomic E-state index is 0.00285. The van der Waals surface area contributed by atoms with Gasteiger partial charge < -0.3 is 14.9 Å². The van der Waals surface area contributed by atoms with Crippen LogP contribution < -0.4 is 0 Å². The van der Waals surface area contributed by atoms with Crippen LogP contribution in [0.1, 0.15) is 74.3 Å². The molecule has 0 unspecified atom stereocenters. The van der Waals surface area contributed by atoms with Crippen molar-refractivity contribution in [3.05, 3.63) is 82.2 Å². The third kappa shape index (κ3) is 8.86. The first-order chi connectivity index (χ1) is 17.3. The monoisotopic (exact) mass is 498 g/mol. The molecule has 0 saturated heterocycles. The molecule has 0 amide bonds. The average Bonchev–Trinajstić information content (AvgIpc) is 2.88. The van der Waals surface area contributed by atoms with Gasteiger partial charge in [-0.25, -0.2) is 9.18 Å². The van der Waals surface area contributed by atoms with Crippen LogP contribution in [0, 0.1) is 11.2 Å². The lowest BCUT2D eigenvalue weighted by Gasteiger charge is -2.29. The van der Waals surface area contributed by atoms with Crippen molar-refractivity contribution < 1.29 is 24.1 Å². The van der Waals surface area contributed by atoms with E-state index in [-0.39, 0.29) is 19.0 Å². The maximum atomic E-state index is 14.7. The number of aliphatic hydroxyl groups is 2. The molecule has 2 aromatic rings. The van der Waals surface area contributed by atoms with Crippen molar-refractivity contribution in [2.24, 2.45) is 5.41 Å². The van der Waals surface area contributed by atoms with E-state index in [1.54, 1.807) is 13.0 Å². The first-order valence-corrected chi connectivity index (χ1v) is 13.2. The summed E-state index contributed by atoms with van der Waals surface area (Å²) in [6.45, 7) is 9.68. The van der Waals surface area contributed by atoms with Gasteiger partial charge in [-0.1, -0.05) is 57.2 Å². The zero-order valence-corrected chi connectivity index (χ0v) is 22.2. The highest BCUT2D eigenvalue weighted by Gasteiger charge is 2.27. The number of carbonyl (C=O) groups excluding carboxylic acids is 1. The lowest BCUT2D eigenvalue weighted by atomic mass is 9.79. The van der Waals surface area contributed by atoms with E-state index in [9.17, 15) is 19.4 Å². The molecule has 0 aliphatic carbocycles. The summed E-state index contributed by atoms with van der Waals surface area (Å²) >= 11 is 0. The number of ether oxygens (including phenoxy) is 1. The van der Waals surface area contributed by atoms with Crippen molar-refractivity contribution in [1.29, 1.82) is 0 Å². The first kappa shape index (κ1) is 29.7. The molecule has 0 atom stereocenters. The van der Waals surface area contributed by atoms with E-state index in [1.165, 1.54) is 16.7 Å². The quantitative estimate of drug-likeness (QED) is 0.171. The second-order valence-electron chi connectivity index (χ2n) is 9.97. The molecular formula is C31H43FO4. The van der Waals surface area contributed by atoms with Gasteiger partial charge in [-0.3, -0.25) is 0 Å². The summed E-state index contributed by atoms with van der Waals surface area (Å²) in [7, 11) is 0. The van der Waals surface area contributed by atoms with Gasteiger partial charge in [0.15, 0.2) is 0 Å². The number of halogens is 1. The fourth-order valence-electron chi connectivity index (χ4n) is 4.62. The molecule has 0 saturated carbocycles. The molecule has 4 nitrogen and oxygen atoms in total. The lowest BCUT2D eigenvalue weighted by molar-refractivity contribution is -0.139. The smallest absolute Gasteiger partial charge is 0.333 e. The molecule has 5 heteroatoms. The molecule has 0 aliphatic heterocycles. The largest absolute Gasteiger partial charge is 0.462 e. The highest BCUT2D eigenvalue weighted by atomic mass is 19.1. The Bertz CT molecular complexity index is 994. The fourth-order valence-corrected chi connectivity index (χ4v) is 4.62. The second kappa shape index (κ2) is 14.9. The average molecular weight is 499 g/mol. The summed E-state index contributed by atoms with van der Waals surface area (Å²) in [4.78, 5) is 11.4. The van der Waals surface area contributed by atoms with Crippen LogP contribution in [0.4, 0.5) is 4.39 Å². The van der Waals surface area contributed by atoms with Crippen LogP contribution in [-0.4, -0.2) is 36.0 Å². The molecule has 0 spiro atoms. The SMILES string of the molecule is C=C(C)C(=O)OCCCc1ccc(CCc2ccc(CCC(CO)(CO)CCC)cc2CC)c(F)c1. The van der Waals surface area contributed by atoms with Crippen LogP contribution in [0.25, 0.3) is 0 Å². The molecule has 2 rings (SSSR count). The number of hydrogen-bond acceptors (Lipinski definition) is 4. The van der Waals surface area contributed by atoms with Crippen molar-refractivity contribution in [2.75, 3.05) is 19.8 Å². The summed E-state index contributed by atoms with van der Waals surface area (Å²) in [6.07, 6.45) is 6.90. The molecule has 198 valence electrons. The summed E-state index contributed by atoms with van der Waals surface area (Å²) in [5.41, 5.74) is 5.26. The maximum absolute atomic E-state index is 14.7. The third-order valence-electron chi connectivity index (χ3n) is 7.02. The molecule has 0 aromatic heterocycles. The highest BCUT2D eigenvalue weighted by Crippen LogP contribution is 2.29. The minimum Gasteiger partial charge on any atom is -0.462 e. The molecule has 36 heavy (non-hydrogen) atoms. The molecular weight excluding hydrogens is 455 g/mol. The van der Waals surface area contributed by atoms with Gasteiger partial charge in [-0.05, 0) is 92.2 Å². The van der Waals surface area contributed by atoms with Crippen LogP contribution in [-0.2, 0) is 41.6 Å². The molecule has 0 bridgehead atoms. The lowest BCUT2D eigenvalue weighted by Crippen LogP contribution is -2.30. The Morgan fingerprint density at radius 3 is 2.14 bits per heavy atom. The predicted molar refractivity (Wildman–Crippen MR) is 144 cm³/mol. The standard InChI is InChI=1S/C31H43FO4/c1-5-16-31(21-33,22-34)17-15-25-9-11-27(26(6-2)19-25)13-14-28-12-10-24(20-29(28)32)8-7-18-36-30(35)23(3)4/h9-12,19-20,33-34H,3,5-8,13-18,21-22H2,1-2,4H3. The van der Waals surface area contributed by atoms with Gasteiger partial charge >= 0.3 is 5.97 Å². The van der Waals surface area contributed by atoms with Gasteiger partial charge in [0.25, 0.3) is 0 Å². The summed E-state index contributed by atoms with van der Waals surface area (Å²) < 4.78 is 19.8. The van der Waals surface area contributed by atoms with Gasteiger partial charge in [-0.2, -0.15) is 0 Å². The maximum Gasteiger partial charge on any atom is 0.333 e. The Morgan fingerprint density at radius 1 is 0.917 bits per heavy atom. The summed E-state index contributed by atoms with van der Waals surface area (Å²) in [5.74, 6) is -0.586. The van der Waals surface area contributed by atoms with E-state index < -0.39 is 11.4 Å². The molecule has 0 aliphatic rings. The number of esters is 1. The van der Waals surface area contributed by atoms with E-state index in [1.807, 2.05) is 12.1 Å².